The van der Waals surface area contributed by atoms with E-state index in [9.17, 15) is 0 Å². The van der Waals surface area contributed by atoms with Crippen molar-refractivity contribution in [3.63, 3.8) is 0 Å². The number of aromatic nitrogens is 4. The number of rotatable bonds is 2. The van der Waals surface area contributed by atoms with E-state index in [-0.39, 0.29) is 21.2 Å². The van der Waals surface area contributed by atoms with E-state index in [1.54, 1.807) is 10.9 Å². The van der Waals surface area contributed by atoms with Gasteiger partial charge >= 0.3 is 92.7 Å². The number of nitrogens with zero attached hydrogens (tertiary/aromatic N) is 4. The standard InChI is InChI=1S/C9H10IN4/c1-7-3-4-14(13-7)9-6-11-8(10-2)5-12-9/h3-6H,1-2H3/q-1. The molecule has 0 aliphatic rings. The van der Waals surface area contributed by atoms with Gasteiger partial charge in [-0.05, 0) is 0 Å². The zero-order valence-corrected chi connectivity index (χ0v) is 10.1. The van der Waals surface area contributed by atoms with Crippen LogP contribution in [0.15, 0.2) is 24.7 Å². The average Bonchev–Trinajstić information content (AvgIpc) is 2.65. The number of hydrogen-bond donors (Lipinski definition) is 0. The molecular formula is C9H10IN4-. The van der Waals surface area contributed by atoms with E-state index >= 15 is 0 Å². The van der Waals surface area contributed by atoms with Crippen molar-refractivity contribution in [1.82, 2.24) is 19.7 Å². The van der Waals surface area contributed by atoms with E-state index in [0.29, 0.717) is 0 Å². The van der Waals surface area contributed by atoms with Crippen LogP contribution >= 0.6 is 0 Å². The van der Waals surface area contributed by atoms with Gasteiger partial charge in [-0.1, -0.05) is 0 Å². The molecule has 14 heavy (non-hydrogen) atoms. The SMILES string of the molecule is C[I-]c1cnc(-n2ccc(C)n2)cn1. The Bertz CT molecular complexity index is 421. The van der Waals surface area contributed by atoms with Crippen molar-refractivity contribution in [3.8, 4) is 5.82 Å². The van der Waals surface area contributed by atoms with Gasteiger partial charge in [-0.3, -0.25) is 0 Å². The molecule has 0 atom stereocenters. The zero-order valence-electron chi connectivity index (χ0n) is 7.98. The van der Waals surface area contributed by atoms with Crippen molar-refractivity contribution < 1.29 is 21.2 Å². The van der Waals surface area contributed by atoms with Crippen molar-refractivity contribution in [3.05, 3.63) is 34.1 Å². The van der Waals surface area contributed by atoms with Crippen LogP contribution in [0.1, 0.15) is 5.69 Å². The number of alkyl halides is 1. The first-order chi connectivity index (χ1) is 6.79. The van der Waals surface area contributed by atoms with Gasteiger partial charge < -0.3 is 0 Å². The second-order valence-electron chi connectivity index (χ2n) is 2.79. The van der Waals surface area contributed by atoms with Crippen molar-refractivity contribution in [1.29, 1.82) is 0 Å². The Kier molecular flexibility index (Phi) is 2.76. The molecule has 4 nitrogen and oxygen atoms in total. The van der Waals surface area contributed by atoms with Gasteiger partial charge in [0.15, 0.2) is 0 Å². The van der Waals surface area contributed by atoms with Crippen molar-refractivity contribution >= 4 is 0 Å². The monoisotopic (exact) mass is 301 g/mol. The maximum atomic E-state index is 4.31. The summed E-state index contributed by atoms with van der Waals surface area (Å²) in [6.07, 6.45) is 5.49. The van der Waals surface area contributed by atoms with E-state index in [2.05, 4.69) is 20.0 Å². The molecule has 0 aliphatic heterocycles. The van der Waals surface area contributed by atoms with E-state index < -0.39 is 0 Å². The van der Waals surface area contributed by atoms with Crippen LogP contribution in [0.25, 0.3) is 5.82 Å². The second-order valence-corrected chi connectivity index (χ2v) is 4.97. The quantitative estimate of drug-likeness (QED) is 0.470. The second kappa shape index (κ2) is 4.04. The van der Waals surface area contributed by atoms with Crippen LogP contribution in [0, 0.1) is 10.6 Å². The van der Waals surface area contributed by atoms with Crippen LogP contribution in [-0.4, -0.2) is 24.7 Å². The van der Waals surface area contributed by atoms with Crippen LogP contribution < -0.4 is 21.2 Å². The molecule has 0 amide bonds. The fourth-order valence-electron chi connectivity index (χ4n) is 1.06. The number of halogens is 1. The van der Waals surface area contributed by atoms with E-state index in [0.717, 1.165) is 15.2 Å². The minimum absolute atomic E-state index is 0.0284. The van der Waals surface area contributed by atoms with Crippen molar-refractivity contribution in [2.75, 3.05) is 4.93 Å². The summed E-state index contributed by atoms with van der Waals surface area (Å²) in [5, 5.41) is 4.26. The Morgan fingerprint density at radius 3 is 2.64 bits per heavy atom. The van der Waals surface area contributed by atoms with Gasteiger partial charge in [-0.15, -0.1) is 0 Å². The molecule has 2 aromatic heterocycles. The number of hydrogen-bond acceptors (Lipinski definition) is 3. The summed E-state index contributed by atoms with van der Waals surface area (Å²) >= 11 is 0.0284. The molecular weight excluding hydrogens is 291 g/mol. The van der Waals surface area contributed by atoms with Crippen LogP contribution in [0.3, 0.4) is 0 Å². The van der Waals surface area contributed by atoms with Crippen molar-refractivity contribution in [2.45, 2.75) is 6.92 Å². The summed E-state index contributed by atoms with van der Waals surface area (Å²) < 4.78 is 2.84. The molecule has 0 saturated carbocycles. The summed E-state index contributed by atoms with van der Waals surface area (Å²) in [5.41, 5.74) is 0.985. The molecule has 0 aromatic carbocycles. The van der Waals surface area contributed by atoms with Gasteiger partial charge in [-0.2, -0.15) is 0 Å². The van der Waals surface area contributed by atoms with Gasteiger partial charge in [0.25, 0.3) is 0 Å². The molecule has 0 unspecified atom stereocenters. The molecule has 0 fully saturated rings. The molecule has 2 aromatic rings. The minimum atomic E-state index is 0.0284. The Morgan fingerprint density at radius 2 is 2.14 bits per heavy atom. The molecule has 2 heterocycles. The molecule has 5 heteroatoms. The first-order valence-corrected chi connectivity index (χ1v) is 7.37. The summed E-state index contributed by atoms with van der Waals surface area (Å²) in [6.45, 7) is 1.95. The Balaban J connectivity index is 2.33. The molecule has 0 radical (unpaired) electrons. The van der Waals surface area contributed by atoms with Gasteiger partial charge in [-0.25, -0.2) is 0 Å². The van der Waals surface area contributed by atoms with Crippen LogP contribution in [0.5, 0.6) is 0 Å². The Hall–Kier alpha value is -0.980. The third kappa shape index (κ3) is 1.92. The third-order valence-corrected chi connectivity index (χ3v) is 3.42. The first kappa shape index (κ1) is 9.57. The summed E-state index contributed by atoms with van der Waals surface area (Å²) in [7, 11) is 0. The first-order valence-electron chi connectivity index (χ1n) is 4.14. The van der Waals surface area contributed by atoms with Gasteiger partial charge in [0.05, 0.1) is 0 Å². The molecule has 0 spiro atoms. The molecule has 74 valence electrons. The normalized spacial score (nSPS) is 10.7. The average molecular weight is 301 g/mol. The van der Waals surface area contributed by atoms with E-state index in [1.165, 1.54) is 0 Å². The molecule has 0 N–H and O–H groups in total. The summed E-state index contributed by atoms with van der Waals surface area (Å²) in [6, 6.07) is 1.95. The zero-order chi connectivity index (χ0) is 9.97. The fourth-order valence-corrected chi connectivity index (χ4v) is 1.90. The fraction of sp³-hybridized carbons (Fsp3) is 0.222. The molecule has 0 bridgehead atoms. The van der Waals surface area contributed by atoms with Gasteiger partial charge in [0.2, 0.25) is 0 Å². The van der Waals surface area contributed by atoms with E-state index in [4.69, 9.17) is 0 Å². The van der Waals surface area contributed by atoms with E-state index in [1.807, 2.05) is 25.4 Å². The van der Waals surface area contributed by atoms with Gasteiger partial charge in [0.1, 0.15) is 0 Å². The van der Waals surface area contributed by atoms with Crippen LogP contribution in [-0.2, 0) is 0 Å². The molecule has 0 saturated heterocycles. The maximum absolute atomic E-state index is 4.31. The predicted octanol–water partition coefficient (Wildman–Crippen LogP) is -2.14. The predicted molar refractivity (Wildman–Crippen MR) is 48.5 cm³/mol. The van der Waals surface area contributed by atoms with Crippen LogP contribution in [0.4, 0.5) is 0 Å². The Labute approximate surface area is 92.7 Å². The molecule has 2 rings (SSSR count). The number of aryl methyl sites for hydroxylation is 1. The van der Waals surface area contributed by atoms with Crippen molar-refractivity contribution in [2.24, 2.45) is 0 Å². The summed E-state index contributed by atoms with van der Waals surface area (Å²) in [5.74, 6) is 0.777. The van der Waals surface area contributed by atoms with Gasteiger partial charge in [0, 0.05) is 0 Å². The van der Waals surface area contributed by atoms with Crippen LogP contribution in [0.2, 0.25) is 0 Å². The summed E-state index contributed by atoms with van der Waals surface area (Å²) in [4.78, 5) is 10.8. The third-order valence-electron chi connectivity index (χ3n) is 1.76. The Morgan fingerprint density at radius 1 is 1.29 bits per heavy atom. The topological polar surface area (TPSA) is 43.6 Å². The molecule has 0 aliphatic carbocycles.